The molecule has 0 aliphatic carbocycles. The van der Waals surface area contributed by atoms with Gasteiger partial charge in [0.2, 0.25) is 0 Å². The lowest BCUT2D eigenvalue weighted by Gasteiger charge is -2.08. The van der Waals surface area contributed by atoms with Crippen molar-refractivity contribution in [2.24, 2.45) is 0 Å². The Hall–Kier alpha value is -2.47. The first-order valence-electron chi connectivity index (χ1n) is 6.25. The fourth-order valence-electron chi connectivity index (χ4n) is 1.90. The standard InChI is InChI=1S/C15H11BrN4O/c16-10-2-1-3-11(8-10)19-15(21)20-12-4-5-13-14(9-12)18-7-6-17-13/h1-9H,(H2,19,20,21). The van der Waals surface area contributed by atoms with E-state index in [4.69, 9.17) is 0 Å². The van der Waals surface area contributed by atoms with Crippen LogP contribution in [0.3, 0.4) is 0 Å². The van der Waals surface area contributed by atoms with Crippen LogP contribution in [0.1, 0.15) is 0 Å². The van der Waals surface area contributed by atoms with Crippen molar-refractivity contribution in [1.82, 2.24) is 9.97 Å². The molecular formula is C15H11BrN4O. The first-order valence-corrected chi connectivity index (χ1v) is 7.04. The number of rotatable bonds is 2. The molecule has 2 amide bonds. The molecule has 104 valence electrons. The highest BCUT2D eigenvalue weighted by molar-refractivity contribution is 9.10. The third-order valence-electron chi connectivity index (χ3n) is 2.81. The van der Waals surface area contributed by atoms with Gasteiger partial charge in [-0.3, -0.25) is 9.97 Å². The lowest BCUT2D eigenvalue weighted by Crippen LogP contribution is -2.19. The fourth-order valence-corrected chi connectivity index (χ4v) is 2.30. The van der Waals surface area contributed by atoms with Crippen molar-refractivity contribution in [3.63, 3.8) is 0 Å². The van der Waals surface area contributed by atoms with Gasteiger partial charge in [-0.05, 0) is 36.4 Å². The summed E-state index contributed by atoms with van der Waals surface area (Å²) in [6.45, 7) is 0. The van der Waals surface area contributed by atoms with E-state index in [0.717, 1.165) is 15.5 Å². The number of carbonyl (C=O) groups is 1. The third-order valence-corrected chi connectivity index (χ3v) is 3.30. The molecule has 0 bridgehead atoms. The molecule has 3 aromatic rings. The molecule has 6 heteroatoms. The second kappa shape index (κ2) is 5.88. The van der Waals surface area contributed by atoms with Crippen LogP contribution in [0.15, 0.2) is 59.3 Å². The quantitative estimate of drug-likeness (QED) is 0.738. The van der Waals surface area contributed by atoms with Crippen LogP contribution in [-0.4, -0.2) is 16.0 Å². The Morgan fingerprint density at radius 1 is 0.905 bits per heavy atom. The van der Waals surface area contributed by atoms with E-state index in [1.54, 1.807) is 24.5 Å². The average molecular weight is 343 g/mol. The fraction of sp³-hybridized carbons (Fsp3) is 0. The number of carbonyl (C=O) groups excluding carboxylic acids is 1. The van der Waals surface area contributed by atoms with Crippen LogP contribution in [0.2, 0.25) is 0 Å². The highest BCUT2D eigenvalue weighted by Crippen LogP contribution is 2.17. The minimum absolute atomic E-state index is 0.309. The molecule has 0 saturated carbocycles. The van der Waals surface area contributed by atoms with Gasteiger partial charge >= 0.3 is 6.03 Å². The van der Waals surface area contributed by atoms with Crippen LogP contribution >= 0.6 is 15.9 Å². The SMILES string of the molecule is O=C(Nc1cccc(Br)c1)Nc1ccc2nccnc2c1. The number of nitrogens with one attached hydrogen (secondary N) is 2. The van der Waals surface area contributed by atoms with E-state index in [1.165, 1.54) is 0 Å². The zero-order chi connectivity index (χ0) is 14.7. The molecule has 3 rings (SSSR count). The molecule has 0 saturated heterocycles. The summed E-state index contributed by atoms with van der Waals surface area (Å²) < 4.78 is 0.904. The summed E-state index contributed by atoms with van der Waals surface area (Å²) in [6, 6.07) is 12.5. The van der Waals surface area contributed by atoms with Crippen molar-refractivity contribution in [2.45, 2.75) is 0 Å². The molecular weight excluding hydrogens is 332 g/mol. The van der Waals surface area contributed by atoms with Crippen molar-refractivity contribution in [1.29, 1.82) is 0 Å². The zero-order valence-electron chi connectivity index (χ0n) is 10.9. The van der Waals surface area contributed by atoms with Gasteiger partial charge < -0.3 is 10.6 Å². The van der Waals surface area contributed by atoms with Crippen LogP contribution in [0, 0.1) is 0 Å². The average Bonchev–Trinajstić information content (AvgIpc) is 2.47. The van der Waals surface area contributed by atoms with Crippen LogP contribution in [0.4, 0.5) is 16.2 Å². The minimum atomic E-state index is -0.309. The molecule has 0 spiro atoms. The smallest absolute Gasteiger partial charge is 0.308 e. The second-order valence-electron chi connectivity index (χ2n) is 4.35. The molecule has 21 heavy (non-hydrogen) atoms. The van der Waals surface area contributed by atoms with Crippen molar-refractivity contribution >= 4 is 44.4 Å². The van der Waals surface area contributed by atoms with Gasteiger partial charge in [0.25, 0.3) is 0 Å². The molecule has 2 N–H and O–H groups in total. The summed E-state index contributed by atoms with van der Waals surface area (Å²) in [4.78, 5) is 20.3. The molecule has 0 fully saturated rings. The first kappa shape index (κ1) is 13.5. The van der Waals surface area contributed by atoms with Crippen molar-refractivity contribution in [3.8, 4) is 0 Å². The van der Waals surface area contributed by atoms with E-state index in [0.29, 0.717) is 11.4 Å². The van der Waals surface area contributed by atoms with Crippen molar-refractivity contribution in [3.05, 3.63) is 59.3 Å². The molecule has 0 radical (unpaired) electrons. The summed E-state index contributed by atoms with van der Waals surface area (Å²) in [5, 5.41) is 5.53. The Kier molecular flexibility index (Phi) is 3.79. The number of halogens is 1. The van der Waals surface area contributed by atoms with Gasteiger partial charge in [0, 0.05) is 28.2 Å². The summed E-state index contributed by atoms with van der Waals surface area (Å²) in [5.74, 6) is 0. The molecule has 0 unspecified atom stereocenters. The maximum absolute atomic E-state index is 12.0. The molecule has 2 aromatic carbocycles. The van der Waals surface area contributed by atoms with Gasteiger partial charge in [0.05, 0.1) is 11.0 Å². The molecule has 1 heterocycles. The van der Waals surface area contributed by atoms with Crippen LogP contribution < -0.4 is 10.6 Å². The number of benzene rings is 2. The molecule has 5 nitrogen and oxygen atoms in total. The van der Waals surface area contributed by atoms with E-state index in [1.807, 2.05) is 30.3 Å². The number of amides is 2. The van der Waals surface area contributed by atoms with E-state index < -0.39 is 0 Å². The lowest BCUT2D eigenvalue weighted by atomic mass is 10.2. The van der Waals surface area contributed by atoms with Crippen LogP contribution in [0.5, 0.6) is 0 Å². The molecule has 0 atom stereocenters. The second-order valence-corrected chi connectivity index (χ2v) is 5.26. The molecule has 0 aliphatic heterocycles. The lowest BCUT2D eigenvalue weighted by molar-refractivity contribution is 0.262. The Balaban J connectivity index is 1.74. The highest BCUT2D eigenvalue weighted by atomic mass is 79.9. The summed E-state index contributed by atoms with van der Waals surface area (Å²) in [6.07, 6.45) is 3.25. The van der Waals surface area contributed by atoms with Crippen LogP contribution in [0.25, 0.3) is 11.0 Å². The number of aromatic nitrogens is 2. The maximum atomic E-state index is 12.0. The number of anilines is 2. The van der Waals surface area contributed by atoms with E-state index in [-0.39, 0.29) is 6.03 Å². The van der Waals surface area contributed by atoms with Gasteiger partial charge in [0.1, 0.15) is 0 Å². The van der Waals surface area contributed by atoms with Gasteiger partial charge in [-0.2, -0.15) is 0 Å². The Bertz CT molecular complexity index is 806. The summed E-state index contributed by atoms with van der Waals surface area (Å²) >= 11 is 3.36. The van der Waals surface area contributed by atoms with E-state index >= 15 is 0 Å². The number of hydrogen-bond donors (Lipinski definition) is 2. The number of hydrogen-bond acceptors (Lipinski definition) is 3. The largest absolute Gasteiger partial charge is 0.323 e. The summed E-state index contributed by atoms with van der Waals surface area (Å²) in [5.41, 5.74) is 2.89. The molecule has 1 aromatic heterocycles. The predicted molar refractivity (Wildman–Crippen MR) is 86.3 cm³/mol. The van der Waals surface area contributed by atoms with Gasteiger partial charge in [-0.15, -0.1) is 0 Å². The van der Waals surface area contributed by atoms with Crippen LogP contribution in [-0.2, 0) is 0 Å². The van der Waals surface area contributed by atoms with Crippen molar-refractivity contribution in [2.75, 3.05) is 10.6 Å². The zero-order valence-corrected chi connectivity index (χ0v) is 12.5. The monoisotopic (exact) mass is 342 g/mol. The van der Waals surface area contributed by atoms with E-state index in [2.05, 4.69) is 36.5 Å². The maximum Gasteiger partial charge on any atom is 0.323 e. The Labute approximate surface area is 129 Å². The first-order chi connectivity index (χ1) is 10.2. The number of fused-ring (bicyclic) bond motifs is 1. The Morgan fingerprint density at radius 2 is 1.62 bits per heavy atom. The van der Waals surface area contributed by atoms with Gasteiger partial charge in [-0.1, -0.05) is 22.0 Å². The highest BCUT2D eigenvalue weighted by Gasteiger charge is 2.04. The summed E-state index contributed by atoms with van der Waals surface area (Å²) in [7, 11) is 0. The normalized spacial score (nSPS) is 10.3. The third kappa shape index (κ3) is 3.35. The Morgan fingerprint density at radius 3 is 2.38 bits per heavy atom. The van der Waals surface area contributed by atoms with Gasteiger partial charge in [0.15, 0.2) is 0 Å². The van der Waals surface area contributed by atoms with Crippen molar-refractivity contribution < 1.29 is 4.79 Å². The van der Waals surface area contributed by atoms with E-state index in [9.17, 15) is 4.79 Å². The number of nitrogens with zero attached hydrogens (tertiary/aromatic N) is 2. The van der Waals surface area contributed by atoms with Gasteiger partial charge in [-0.25, -0.2) is 4.79 Å². The topological polar surface area (TPSA) is 66.9 Å². The predicted octanol–water partition coefficient (Wildman–Crippen LogP) is 4.04. The number of urea groups is 1. The minimum Gasteiger partial charge on any atom is -0.308 e. The molecule has 0 aliphatic rings.